The fourth-order valence-electron chi connectivity index (χ4n) is 2.32. The molecule has 0 aliphatic rings. The van der Waals surface area contributed by atoms with Crippen LogP contribution in [0.2, 0.25) is 5.02 Å². The normalized spacial score (nSPS) is 10.4. The summed E-state index contributed by atoms with van der Waals surface area (Å²) >= 11 is 6.03. The van der Waals surface area contributed by atoms with Gasteiger partial charge < -0.3 is 4.74 Å². The first-order valence-corrected chi connectivity index (χ1v) is 6.82. The van der Waals surface area contributed by atoms with Crippen LogP contribution < -0.4 is 0 Å². The number of aryl methyl sites for hydroxylation is 2. The zero-order valence-electron chi connectivity index (χ0n) is 11.9. The quantitative estimate of drug-likeness (QED) is 0.785. The first kappa shape index (κ1) is 14.6. The summed E-state index contributed by atoms with van der Waals surface area (Å²) in [5, 5.41) is 0.719. The minimum Gasteiger partial charge on any atom is -0.469 e. The molecule has 0 radical (unpaired) electrons. The number of methoxy groups -OCH3 is 1. The highest BCUT2D eigenvalue weighted by Crippen LogP contribution is 2.27. The number of halogens is 1. The van der Waals surface area contributed by atoms with Crippen molar-refractivity contribution >= 4 is 17.6 Å². The van der Waals surface area contributed by atoms with E-state index in [-0.39, 0.29) is 5.97 Å². The second-order valence-electron chi connectivity index (χ2n) is 4.85. The summed E-state index contributed by atoms with van der Waals surface area (Å²) in [5.41, 5.74) is 5.39. The Labute approximate surface area is 124 Å². The number of carbonyl (C=O) groups is 1. The smallest absolute Gasteiger partial charge is 0.309 e. The van der Waals surface area contributed by atoms with Crippen LogP contribution in [0.25, 0.3) is 11.1 Å². The fraction of sp³-hybridized carbons (Fsp3) is 0.235. The Morgan fingerprint density at radius 2 is 1.75 bits per heavy atom. The van der Waals surface area contributed by atoms with Crippen LogP contribution in [0.5, 0.6) is 0 Å². The van der Waals surface area contributed by atoms with E-state index in [4.69, 9.17) is 16.3 Å². The average molecular weight is 289 g/mol. The third-order valence-electron chi connectivity index (χ3n) is 3.40. The maximum Gasteiger partial charge on any atom is 0.309 e. The molecular weight excluding hydrogens is 272 g/mol. The summed E-state index contributed by atoms with van der Waals surface area (Å²) in [6, 6.07) is 11.9. The molecule has 2 aromatic rings. The van der Waals surface area contributed by atoms with Crippen molar-refractivity contribution in [3.8, 4) is 11.1 Å². The van der Waals surface area contributed by atoms with Crippen molar-refractivity contribution in [3.63, 3.8) is 0 Å². The molecule has 0 aromatic heterocycles. The van der Waals surface area contributed by atoms with Crippen molar-refractivity contribution in [2.45, 2.75) is 20.3 Å². The van der Waals surface area contributed by atoms with Crippen LogP contribution in [0.4, 0.5) is 0 Å². The Kier molecular flexibility index (Phi) is 4.46. The molecule has 0 aliphatic heterocycles. The third kappa shape index (κ3) is 3.20. The predicted octanol–water partition coefficient (Wildman–Crippen LogP) is 4.34. The highest BCUT2D eigenvalue weighted by Gasteiger charge is 2.11. The van der Waals surface area contributed by atoms with Gasteiger partial charge in [-0.05, 0) is 53.8 Å². The molecule has 2 aromatic carbocycles. The molecule has 0 saturated heterocycles. The number of hydrogen-bond acceptors (Lipinski definition) is 2. The maximum atomic E-state index is 11.4. The standard InChI is InChI=1S/C17H17ClO2/c1-11-7-14(13-5-4-6-15(18)9-13)8-12(2)16(11)10-17(19)20-3/h4-9H,10H2,1-3H3. The van der Waals surface area contributed by atoms with E-state index in [0.29, 0.717) is 6.42 Å². The zero-order valence-corrected chi connectivity index (χ0v) is 12.6. The number of ether oxygens (including phenoxy) is 1. The second-order valence-corrected chi connectivity index (χ2v) is 5.29. The summed E-state index contributed by atoms with van der Waals surface area (Å²) in [5.74, 6) is -0.216. The van der Waals surface area contributed by atoms with Gasteiger partial charge in [0.05, 0.1) is 13.5 Å². The van der Waals surface area contributed by atoms with E-state index >= 15 is 0 Å². The van der Waals surface area contributed by atoms with Crippen molar-refractivity contribution in [1.82, 2.24) is 0 Å². The largest absolute Gasteiger partial charge is 0.469 e. The summed E-state index contributed by atoms with van der Waals surface area (Å²) in [6.07, 6.45) is 0.310. The second kappa shape index (κ2) is 6.10. The van der Waals surface area contributed by atoms with Crippen LogP contribution in [0, 0.1) is 13.8 Å². The van der Waals surface area contributed by atoms with E-state index in [1.54, 1.807) is 0 Å². The van der Waals surface area contributed by atoms with E-state index in [9.17, 15) is 4.79 Å². The van der Waals surface area contributed by atoms with Crippen LogP contribution in [0.1, 0.15) is 16.7 Å². The maximum absolute atomic E-state index is 11.4. The van der Waals surface area contributed by atoms with E-state index in [1.807, 2.05) is 38.1 Å². The fourth-order valence-corrected chi connectivity index (χ4v) is 2.51. The van der Waals surface area contributed by atoms with Crippen molar-refractivity contribution < 1.29 is 9.53 Å². The van der Waals surface area contributed by atoms with Gasteiger partial charge in [0.15, 0.2) is 0 Å². The molecule has 0 unspecified atom stereocenters. The lowest BCUT2D eigenvalue weighted by atomic mass is 9.94. The monoisotopic (exact) mass is 288 g/mol. The van der Waals surface area contributed by atoms with Crippen LogP contribution in [-0.2, 0) is 16.0 Å². The van der Waals surface area contributed by atoms with Gasteiger partial charge in [0.2, 0.25) is 0 Å². The Morgan fingerprint density at radius 3 is 2.30 bits per heavy atom. The molecule has 0 fully saturated rings. The molecule has 2 rings (SSSR count). The molecule has 3 heteroatoms. The average Bonchev–Trinajstić information content (AvgIpc) is 2.42. The lowest BCUT2D eigenvalue weighted by Crippen LogP contribution is -2.07. The first-order chi connectivity index (χ1) is 9.51. The molecule has 0 bridgehead atoms. The Hall–Kier alpha value is -1.80. The van der Waals surface area contributed by atoms with Gasteiger partial charge in [-0.1, -0.05) is 35.9 Å². The topological polar surface area (TPSA) is 26.3 Å². The molecule has 0 atom stereocenters. The minimum atomic E-state index is -0.216. The van der Waals surface area contributed by atoms with Gasteiger partial charge in [-0.3, -0.25) is 4.79 Å². The molecule has 2 nitrogen and oxygen atoms in total. The van der Waals surface area contributed by atoms with Crippen molar-refractivity contribution in [2.24, 2.45) is 0 Å². The highest BCUT2D eigenvalue weighted by molar-refractivity contribution is 6.30. The van der Waals surface area contributed by atoms with Gasteiger partial charge >= 0.3 is 5.97 Å². The summed E-state index contributed by atoms with van der Waals surface area (Å²) in [6.45, 7) is 4.03. The van der Waals surface area contributed by atoms with Gasteiger partial charge in [0.1, 0.15) is 0 Å². The van der Waals surface area contributed by atoms with Gasteiger partial charge in [-0.2, -0.15) is 0 Å². The predicted molar refractivity (Wildman–Crippen MR) is 82.1 cm³/mol. The summed E-state index contributed by atoms with van der Waals surface area (Å²) < 4.78 is 4.74. The number of rotatable bonds is 3. The van der Waals surface area contributed by atoms with Gasteiger partial charge in [0.25, 0.3) is 0 Å². The van der Waals surface area contributed by atoms with Crippen LogP contribution in [0.15, 0.2) is 36.4 Å². The van der Waals surface area contributed by atoms with Gasteiger partial charge in [-0.25, -0.2) is 0 Å². The number of esters is 1. The molecule has 0 amide bonds. The molecule has 0 aliphatic carbocycles. The van der Waals surface area contributed by atoms with Crippen LogP contribution >= 0.6 is 11.6 Å². The van der Waals surface area contributed by atoms with Crippen molar-refractivity contribution in [3.05, 3.63) is 58.1 Å². The third-order valence-corrected chi connectivity index (χ3v) is 3.64. The highest BCUT2D eigenvalue weighted by atomic mass is 35.5. The molecule has 104 valence electrons. The van der Waals surface area contributed by atoms with Crippen molar-refractivity contribution in [1.29, 1.82) is 0 Å². The van der Waals surface area contributed by atoms with E-state index < -0.39 is 0 Å². The zero-order chi connectivity index (χ0) is 14.7. The minimum absolute atomic E-state index is 0.216. The van der Waals surface area contributed by atoms with Gasteiger partial charge in [0, 0.05) is 5.02 Å². The number of hydrogen-bond donors (Lipinski definition) is 0. The Morgan fingerprint density at radius 1 is 1.10 bits per heavy atom. The lowest BCUT2D eigenvalue weighted by molar-refractivity contribution is -0.139. The molecule has 20 heavy (non-hydrogen) atoms. The van der Waals surface area contributed by atoms with Crippen LogP contribution in [0.3, 0.4) is 0 Å². The molecule has 0 saturated carbocycles. The lowest BCUT2D eigenvalue weighted by Gasteiger charge is -2.12. The van der Waals surface area contributed by atoms with Gasteiger partial charge in [-0.15, -0.1) is 0 Å². The first-order valence-electron chi connectivity index (χ1n) is 6.44. The summed E-state index contributed by atoms with van der Waals surface area (Å²) in [7, 11) is 1.41. The molecule has 0 N–H and O–H groups in total. The van der Waals surface area contributed by atoms with E-state index in [1.165, 1.54) is 7.11 Å². The SMILES string of the molecule is COC(=O)Cc1c(C)cc(-c2cccc(Cl)c2)cc1C. The van der Waals surface area contributed by atoms with E-state index in [2.05, 4.69) is 12.1 Å². The van der Waals surface area contributed by atoms with E-state index in [0.717, 1.165) is 32.8 Å². The summed E-state index contributed by atoms with van der Waals surface area (Å²) in [4.78, 5) is 11.4. The van der Waals surface area contributed by atoms with Crippen molar-refractivity contribution in [2.75, 3.05) is 7.11 Å². The number of carbonyl (C=O) groups excluding carboxylic acids is 1. The Bertz CT molecular complexity index is 624. The molecule has 0 spiro atoms. The number of benzene rings is 2. The Balaban J connectivity index is 2.42. The molecule has 0 heterocycles. The van der Waals surface area contributed by atoms with Crippen LogP contribution in [-0.4, -0.2) is 13.1 Å². The molecular formula is C17H17ClO2.